The van der Waals surface area contributed by atoms with Gasteiger partial charge in [0.15, 0.2) is 69.8 Å². The maximum absolute atomic E-state index is 15.4. The first kappa shape index (κ1) is 41.3. The lowest BCUT2D eigenvalue weighted by Gasteiger charge is -2.44. The van der Waals surface area contributed by atoms with Gasteiger partial charge in [0, 0.05) is 0 Å². The van der Waals surface area contributed by atoms with Crippen LogP contribution >= 0.6 is 0 Å². The van der Waals surface area contributed by atoms with Crippen LogP contribution in [0, 0.1) is 116 Å². The Morgan fingerprint density at radius 1 is 0.302 bits per heavy atom. The Labute approximate surface area is 283 Å². The molecular formula is C31H16BF20N. The molecule has 1 aliphatic rings. The van der Waals surface area contributed by atoms with Crippen molar-refractivity contribution in [2.75, 3.05) is 14.1 Å². The minimum atomic E-state index is -7.22. The quantitative estimate of drug-likeness (QED) is 0.111. The van der Waals surface area contributed by atoms with E-state index in [1.165, 1.54) is 25.7 Å². The van der Waals surface area contributed by atoms with E-state index >= 15 is 35.1 Å². The molecule has 22 heteroatoms. The number of quaternary nitrogens is 1. The second-order valence-corrected chi connectivity index (χ2v) is 11.9. The van der Waals surface area contributed by atoms with Crippen LogP contribution in [0.25, 0.3) is 0 Å². The van der Waals surface area contributed by atoms with Gasteiger partial charge in [-0.05, 0) is 25.7 Å². The average Bonchev–Trinajstić information content (AvgIpc) is 3.68. The lowest BCUT2D eigenvalue weighted by molar-refractivity contribution is -0.884. The van der Waals surface area contributed by atoms with Crippen LogP contribution in [0.1, 0.15) is 25.7 Å². The van der Waals surface area contributed by atoms with E-state index in [0.717, 1.165) is 6.04 Å². The van der Waals surface area contributed by atoms with Gasteiger partial charge in [-0.2, -0.15) is 0 Å². The van der Waals surface area contributed by atoms with Crippen LogP contribution in [0.2, 0.25) is 0 Å². The second-order valence-electron chi connectivity index (χ2n) is 11.9. The Bertz CT molecular complexity index is 1750. The van der Waals surface area contributed by atoms with Gasteiger partial charge in [0.2, 0.25) is 0 Å². The van der Waals surface area contributed by atoms with Crippen molar-refractivity contribution < 1.29 is 92.7 Å². The Morgan fingerprint density at radius 3 is 0.585 bits per heavy atom. The summed E-state index contributed by atoms with van der Waals surface area (Å²) in [6.45, 7) is 0. The molecule has 0 bridgehead atoms. The van der Waals surface area contributed by atoms with Crippen LogP contribution < -0.4 is 26.8 Å². The fourth-order valence-electron chi connectivity index (χ4n) is 6.38. The Balaban J connectivity index is 0.000000692. The normalized spacial score (nSPS) is 13.6. The molecule has 1 N–H and O–H groups in total. The topological polar surface area (TPSA) is 4.44 Å². The first-order valence-electron chi connectivity index (χ1n) is 14.5. The lowest BCUT2D eigenvalue weighted by atomic mass is 9.12. The predicted molar refractivity (Wildman–Crippen MR) is 144 cm³/mol. The largest absolute Gasteiger partial charge is 0.337 e. The summed E-state index contributed by atoms with van der Waals surface area (Å²) in [5, 5.41) is 0. The third-order valence-electron chi connectivity index (χ3n) is 8.88. The first-order valence-corrected chi connectivity index (χ1v) is 14.5. The molecule has 0 heterocycles. The molecule has 0 spiro atoms. The Morgan fingerprint density at radius 2 is 0.453 bits per heavy atom. The van der Waals surface area contributed by atoms with E-state index in [1.54, 1.807) is 4.90 Å². The van der Waals surface area contributed by atoms with E-state index in [0.29, 0.717) is 0 Å². The second kappa shape index (κ2) is 14.7. The maximum Gasteiger partial charge on any atom is 0.200 e. The Kier molecular flexibility index (Phi) is 11.5. The number of benzene rings is 4. The minimum absolute atomic E-state index is 0.981. The van der Waals surface area contributed by atoms with Crippen molar-refractivity contribution in [1.29, 1.82) is 0 Å². The van der Waals surface area contributed by atoms with Crippen molar-refractivity contribution in [3.8, 4) is 0 Å². The molecule has 0 radical (unpaired) electrons. The molecule has 1 nitrogen and oxygen atoms in total. The molecular weight excluding hydrogens is 777 g/mol. The zero-order valence-corrected chi connectivity index (χ0v) is 26.0. The maximum atomic E-state index is 15.4. The van der Waals surface area contributed by atoms with E-state index in [1.807, 2.05) is 0 Å². The third kappa shape index (κ3) is 6.15. The number of nitrogens with one attached hydrogen (secondary N) is 1. The molecule has 4 aromatic rings. The van der Waals surface area contributed by atoms with Crippen LogP contribution in [0.3, 0.4) is 0 Å². The van der Waals surface area contributed by atoms with Crippen LogP contribution in [-0.2, 0) is 0 Å². The summed E-state index contributed by atoms with van der Waals surface area (Å²) in [4.78, 5) is 1.64. The van der Waals surface area contributed by atoms with Crippen LogP contribution in [0.15, 0.2) is 0 Å². The summed E-state index contributed by atoms with van der Waals surface area (Å²) in [5.41, 5.74) is -14.3. The highest BCUT2D eigenvalue weighted by Gasteiger charge is 2.52. The molecule has 0 aliphatic heterocycles. The van der Waals surface area contributed by atoms with Gasteiger partial charge < -0.3 is 4.90 Å². The smallest absolute Gasteiger partial charge is 0.200 e. The zero-order valence-electron chi connectivity index (χ0n) is 26.0. The molecule has 1 saturated carbocycles. The molecule has 53 heavy (non-hydrogen) atoms. The van der Waals surface area contributed by atoms with Crippen molar-refractivity contribution in [2.24, 2.45) is 0 Å². The minimum Gasteiger partial charge on any atom is -0.337 e. The standard InChI is InChI=1S/C24BF20.C7H15N/c26-5-1(6(27)14(35)21(42)13(5)34)25(2-7(28)15(36)22(43)16(37)8(2)29,3-9(30)17(38)23(44)18(39)10(3)31)4-11(32)19(40)24(45)20(41)12(4)33;1-8(2)7-5-3-4-6-7/h;7H,3-6H2,1-2H3/q-1;/p+1. The van der Waals surface area contributed by atoms with E-state index in [-0.39, 0.29) is 0 Å². The van der Waals surface area contributed by atoms with Crippen LogP contribution in [0.5, 0.6) is 0 Å². The number of rotatable bonds is 5. The van der Waals surface area contributed by atoms with Gasteiger partial charge in [-0.1, -0.05) is 0 Å². The lowest BCUT2D eigenvalue weighted by Crippen LogP contribution is -3.09. The van der Waals surface area contributed by atoms with Crippen LogP contribution in [-0.4, -0.2) is 26.3 Å². The predicted octanol–water partition coefficient (Wildman–Crippen LogP) is 5.92. The van der Waals surface area contributed by atoms with Crippen molar-refractivity contribution in [3.63, 3.8) is 0 Å². The van der Waals surface area contributed by atoms with Gasteiger partial charge in [-0.3, -0.25) is 0 Å². The van der Waals surface area contributed by atoms with Gasteiger partial charge in [0.05, 0.1) is 20.1 Å². The van der Waals surface area contributed by atoms with Gasteiger partial charge in [-0.15, -0.1) is 21.9 Å². The first-order chi connectivity index (χ1) is 24.5. The SMILES string of the molecule is C[NH+](C)C1CCCC1.Fc1c(F)c(F)c([B-](c2c(F)c(F)c(F)c(F)c2F)(c2c(F)c(F)c(F)c(F)c2F)c2c(F)c(F)c(F)c(F)c2F)c(F)c1F. The van der Waals surface area contributed by atoms with E-state index in [9.17, 15) is 52.7 Å². The molecule has 0 amide bonds. The van der Waals surface area contributed by atoms with Crippen molar-refractivity contribution in [1.82, 2.24) is 0 Å². The van der Waals surface area contributed by atoms with Crippen molar-refractivity contribution in [2.45, 2.75) is 31.7 Å². The number of halogens is 20. The van der Waals surface area contributed by atoms with Gasteiger partial charge in [0.25, 0.3) is 0 Å². The van der Waals surface area contributed by atoms with Crippen molar-refractivity contribution >= 4 is 28.0 Å². The van der Waals surface area contributed by atoms with Gasteiger partial charge in [-0.25, -0.2) is 87.8 Å². The zero-order chi connectivity index (χ0) is 40.3. The van der Waals surface area contributed by atoms with E-state index in [4.69, 9.17) is 0 Å². The molecule has 288 valence electrons. The summed E-state index contributed by atoms with van der Waals surface area (Å²) >= 11 is 0. The highest BCUT2D eigenvalue weighted by atomic mass is 19.2. The van der Waals surface area contributed by atoms with Gasteiger partial charge >= 0.3 is 0 Å². The Hall–Kier alpha value is -4.50. The average molecular weight is 793 g/mol. The monoisotopic (exact) mass is 793 g/mol. The molecule has 1 aliphatic carbocycles. The molecule has 0 aromatic heterocycles. The van der Waals surface area contributed by atoms with Gasteiger partial charge in [0.1, 0.15) is 52.7 Å². The van der Waals surface area contributed by atoms with Crippen LogP contribution in [0.4, 0.5) is 87.8 Å². The number of hydrogen-bond acceptors (Lipinski definition) is 0. The highest BCUT2D eigenvalue weighted by molar-refractivity contribution is 7.20. The third-order valence-corrected chi connectivity index (χ3v) is 8.88. The van der Waals surface area contributed by atoms with E-state index in [2.05, 4.69) is 14.1 Å². The molecule has 1 fully saturated rings. The molecule has 0 atom stereocenters. The molecule has 0 unspecified atom stereocenters. The molecule has 4 aromatic carbocycles. The van der Waals surface area contributed by atoms with E-state index < -0.39 is 144 Å². The molecule has 5 rings (SSSR count). The summed E-state index contributed by atoms with van der Waals surface area (Å²) < 4.78 is 294. The fraction of sp³-hybridized carbons (Fsp3) is 0.226. The molecule has 0 saturated heterocycles. The summed E-state index contributed by atoms with van der Waals surface area (Å²) in [7, 11) is 4.52. The summed E-state index contributed by atoms with van der Waals surface area (Å²) in [6, 6.07) is 0.981. The highest BCUT2D eigenvalue weighted by Crippen LogP contribution is 2.30. The fourth-order valence-corrected chi connectivity index (χ4v) is 6.38. The summed E-state index contributed by atoms with van der Waals surface area (Å²) in [5.74, 6) is -71.4. The van der Waals surface area contributed by atoms with Crippen molar-refractivity contribution in [3.05, 3.63) is 116 Å². The summed E-state index contributed by atoms with van der Waals surface area (Å²) in [6.07, 6.45) is -1.36. The number of hydrogen-bond donors (Lipinski definition) is 1.